The lowest BCUT2D eigenvalue weighted by atomic mass is 10.2. The van der Waals surface area contributed by atoms with E-state index in [0.717, 1.165) is 36.6 Å². The molecule has 112 valence electrons. The van der Waals surface area contributed by atoms with Crippen molar-refractivity contribution in [2.75, 3.05) is 13.7 Å². The van der Waals surface area contributed by atoms with E-state index in [4.69, 9.17) is 9.47 Å². The molecular weight excluding hydrogens is 262 g/mol. The maximum atomic E-state index is 5.98. The van der Waals surface area contributed by atoms with E-state index in [2.05, 4.69) is 18.3 Å². The first-order valence-electron chi connectivity index (χ1n) is 7.38. The normalized spacial score (nSPS) is 10.4. The Bertz CT molecular complexity index is 554. The number of hydrogen-bond acceptors (Lipinski definition) is 3. The molecule has 0 heterocycles. The second-order valence-corrected chi connectivity index (χ2v) is 4.89. The molecule has 0 saturated carbocycles. The third-order valence-corrected chi connectivity index (χ3v) is 3.29. The van der Waals surface area contributed by atoms with Gasteiger partial charge in [0.05, 0.1) is 7.11 Å². The quantitative estimate of drug-likeness (QED) is 0.749. The zero-order chi connectivity index (χ0) is 14.9. The van der Waals surface area contributed by atoms with E-state index in [-0.39, 0.29) is 0 Å². The summed E-state index contributed by atoms with van der Waals surface area (Å²) in [5, 5.41) is 3.41. The van der Waals surface area contributed by atoms with Gasteiger partial charge < -0.3 is 14.8 Å². The summed E-state index contributed by atoms with van der Waals surface area (Å²) in [5.41, 5.74) is 2.23. The maximum absolute atomic E-state index is 5.98. The molecule has 0 amide bonds. The molecule has 0 aliphatic carbocycles. The first-order valence-corrected chi connectivity index (χ1v) is 7.38. The molecule has 0 radical (unpaired) electrons. The molecule has 0 aliphatic heterocycles. The Morgan fingerprint density at radius 3 is 2.29 bits per heavy atom. The minimum atomic E-state index is 0.509. The summed E-state index contributed by atoms with van der Waals surface area (Å²) >= 11 is 0. The van der Waals surface area contributed by atoms with Crippen LogP contribution in [-0.2, 0) is 13.2 Å². The van der Waals surface area contributed by atoms with Gasteiger partial charge in [0.2, 0.25) is 0 Å². The van der Waals surface area contributed by atoms with Crippen LogP contribution in [0, 0.1) is 0 Å². The Morgan fingerprint density at radius 2 is 1.57 bits per heavy atom. The Kier molecular flexibility index (Phi) is 6.10. The van der Waals surface area contributed by atoms with E-state index in [1.165, 1.54) is 5.56 Å². The van der Waals surface area contributed by atoms with Gasteiger partial charge in [-0.15, -0.1) is 0 Å². The maximum Gasteiger partial charge on any atom is 0.125 e. The third kappa shape index (κ3) is 4.50. The Labute approximate surface area is 126 Å². The van der Waals surface area contributed by atoms with Crippen LogP contribution in [0.5, 0.6) is 11.5 Å². The Balaban J connectivity index is 2.02. The highest BCUT2D eigenvalue weighted by Gasteiger charge is 2.06. The first kappa shape index (κ1) is 15.4. The van der Waals surface area contributed by atoms with Crippen molar-refractivity contribution in [1.82, 2.24) is 5.32 Å². The molecule has 0 saturated heterocycles. The molecule has 0 spiro atoms. The summed E-state index contributed by atoms with van der Waals surface area (Å²) < 4.78 is 11.3. The van der Waals surface area contributed by atoms with Crippen molar-refractivity contribution in [3.63, 3.8) is 0 Å². The van der Waals surface area contributed by atoms with Crippen LogP contribution in [0.3, 0.4) is 0 Å². The fraction of sp³-hybridized carbons (Fsp3) is 0.333. The summed E-state index contributed by atoms with van der Waals surface area (Å²) in [5.74, 6) is 1.78. The number of benzene rings is 2. The Morgan fingerprint density at radius 1 is 0.905 bits per heavy atom. The van der Waals surface area contributed by atoms with Crippen LogP contribution in [0.2, 0.25) is 0 Å². The summed E-state index contributed by atoms with van der Waals surface area (Å²) in [6.07, 6.45) is 1.13. The summed E-state index contributed by atoms with van der Waals surface area (Å²) in [7, 11) is 1.68. The summed E-state index contributed by atoms with van der Waals surface area (Å²) in [4.78, 5) is 0. The van der Waals surface area contributed by atoms with Crippen LogP contribution in [0.4, 0.5) is 0 Å². The molecule has 0 atom stereocenters. The smallest absolute Gasteiger partial charge is 0.125 e. The average Bonchev–Trinajstić information content (AvgIpc) is 2.54. The van der Waals surface area contributed by atoms with E-state index in [9.17, 15) is 0 Å². The zero-order valence-electron chi connectivity index (χ0n) is 12.8. The van der Waals surface area contributed by atoms with Gasteiger partial charge in [0.25, 0.3) is 0 Å². The minimum absolute atomic E-state index is 0.509. The molecule has 2 aromatic carbocycles. The average molecular weight is 285 g/mol. The number of ether oxygens (including phenoxy) is 2. The highest BCUT2D eigenvalue weighted by atomic mass is 16.5. The van der Waals surface area contributed by atoms with Gasteiger partial charge in [-0.3, -0.25) is 0 Å². The zero-order valence-corrected chi connectivity index (χ0v) is 12.8. The highest BCUT2D eigenvalue weighted by Crippen LogP contribution is 2.22. The second kappa shape index (κ2) is 8.32. The largest absolute Gasteiger partial charge is 0.496 e. The molecule has 0 aliphatic rings. The molecule has 2 rings (SSSR count). The number of hydrogen-bond donors (Lipinski definition) is 1. The highest BCUT2D eigenvalue weighted by molar-refractivity contribution is 5.36. The van der Waals surface area contributed by atoms with Crippen molar-refractivity contribution in [3.05, 3.63) is 59.7 Å². The lowest BCUT2D eigenvalue weighted by Gasteiger charge is -2.13. The monoisotopic (exact) mass is 285 g/mol. The first-order chi connectivity index (χ1) is 10.3. The molecule has 0 bridgehead atoms. The van der Waals surface area contributed by atoms with Crippen LogP contribution in [0.25, 0.3) is 0 Å². The standard InChI is InChI=1S/C18H23NO2/c1-3-12-19-13-15-8-4-7-11-18(15)21-14-16-9-5-6-10-17(16)20-2/h4-11,19H,3,12-14H2,1-2H3. The van der Waals surface area contributed by atoms with Crippen molar-refractivity contribution in [3.8, 4) is 11.5 Å². The number of rotatable bonds is 8. The summed E-state index contributed by atoms with van der Waals surface area (Å²) in [6, 6.07) is 16.1. The van der Waals surface area contributed by atoms with E-state index in [1.54, 1.807) is 7.11 Å². The van der Waals surface area contributed by atoms with Crippen LogP contribution in [0.15, 0.2) is 48.5 Å². The minimum Gasteiger partial charge on any atom is -0.496 e. The van der Waals surface area contributed by atoms with Crippen molar-refractivity contribution in [2.24, 2.45) is 0 Å². The molecular formula is C18H23NO2. The van der Waals surface area contributed by atoms with E-state index in [0.29, 0.717) is 6.61 Å². The van der Waals surface area contributed by atoms with Gasteiger partial charge in [-0.1, -0.05) is 43.3 Å². The van der Waals surface area contributed by atoms with E-state index < -0.39 is 0 Å². The van der Waals surface area contributed by atoms with Gasteiger partial charge in [-0.25, -0.2) is 0 Å². The molecule has 0 fully saturated rings. The molecule has 0 unspecified atom stereocenters. The van der Waals surface area contributed by atoms with Gasteiger partial charge in [-0.05, 0) is 25.1 Å². The van der Waals surface area contributed by atoms with Crippen molar-refractivity contribution >= 4 is 0 Å². The third-order valence-electron chi connectivity index (χ3n) is 3.29. The molecule has 2 aromatic rings. The van der Waals surface area contributed by atoms with Crippen LogP contribution in [-0.4, -0.2) is 13.7 Å². The second-order valence-electron chi connectivity index (χ2n) is 4.89. The fourth-order valence-corrected chi connectivity index (χ4v) is 2.17. The van der Waals surface area contributed by atoms with Crippen molar-refractivity contribution in [1.29, 1.82) is 0 Å². The predicted octanol–water partition coefficient (Wildman–Crippen LogP) is 3.77. The topological polar surface area (TPSA) is 30.5 Å². The number of methoxy groups -OCH3 is 1. The molecule has 1 N–H and O–H groups in total. The van der Waals surface area contributed by atoms with Gasteiger partial charge in [0.15, 0.2) is 0 Å². The van der Waals surface area contributed by atoms with E-state index in [1.807, 2.05) is 42.5 Å². The molecule has 3 nitrogen and oxygen atoms in total. The number of nitrogens with one attached hydrogen (secondary N) is 1. The van der Waals surface area contributed by atoms with Crippen molar-refractivity contribution in [2.45, 2.75) is 26.5 Å². The van der Waals surface area contributed by atoms with E-state index >= 15 is 0 Å². The van der Waals surface area contributed by atoms with Gasteiger partial charge >= 0.3 is 0 Å². The van der Waals surface area contributed by atoms with Gasteiger partial charge in [0, 0.05) is 17.7 Å². The lowest BCUT2D eigenvalue weighted by Crippen LogP contribution is -2.14. The fourth-order valence-electron chi connectivity index (χ4n) is 2.17. The van der Waals surface area contributed by atoms with Gasteiger partial charge in [0.1, 0.15) is 18.1 Å². The molecule has 0 aromatic heterocycles. The van der Waals surface area contributed by atoms with Crippen LogP contribution >= 0.6 is 0 Å². The molecule has 21 heavy (non-hydrogen) atoms. The lowest BCUT2D eigenvalue weighted by molar-refractivity contribution is 0.293. The molecule has 3 heteroatoms. The SMILES string of the molecule is CCCNCc1ccccc1OCc1ccccc1OC. The number of para-hydroxylation sites is 2. The predicted molar refractivity (Wildman–Crippen MR) is 85.8 cm³/mol. The Hall–Kier alpha value is -2.00. The van der Waals surface area contributed by atoms with Crippen LogP contribution in [0.1, 0.15) is 24.5 Å². The summed E-state index contributed by atoms with van der Waals surface area (Å²) in [6.45, 7) is 4.52. The van der Waals surface area contributed by atoms with Crippen molar-refractivity contribution < 1.29 is 9.47 Å². The van der Waals surface area contributed by atoms with Crippen LogP contribution < -0.4 is 14.8 Å². The van der Waals surface area contributed by atoms with Gasteiger partial charge in [-0.2, -0.15) is 0 Å².